The molecule has 2 N–H and O–H groups in total. The first kappa shape index (κ1) is 19.4. The van der Waals surface area contributed by atoms with Crippen LogP contribution in [0, 0.1) is 17.8 Å². The standard InChI is InChI=1S/C21H26ClN3O3/c1-10(2)9-13-14-15(18(27)25(17(14)26)20(3,4)5)21(24-13)11-7-6-8-12(22)16(11)23-19(21)28/h6-8,10,13-15,24H,9H2,1-5H3,(H,23,28). The van der Waals surface area contributed by atoms with Crippen molar-refractivity contribution in [3.05, 3.63) is 28.8 Å². The predicted octanol–water partition coefficient (Wildman–Crippen LogP) is 2.91. The highest BCUT2D eigenvalue weighted by molar-refractivity contribution is 6.35. The number of nitrogens with one attached hydrogen (secondary N) is 2. The fourth-order valence-corrected chi connectivity index (χ4v) is 5.39. The van der Waals surface area contributed by atoms with Gasteiger partial charge in [0.05, 0.1) is 22.5 Å². The highest BCUT2D eigenvalue weighted by Crippen LogP contribution is 2.55. The second kappa shape index (κ2) is 6.04. The van der Waals surface area contributed by atoms with Gasteiger partial charge in [0.25, 0.3) is 0 Å². The van der Waals surface area contributed by atoms with Crippen LogP contribution in [0.5, 0.6) is 0 Å². The second-order valence-corrected chi connectivity index (χ2v) is 9.90. The maximum Gasteiger partial charge on any atom is 0.250 e. The highest BCUT2D eigenvalue weighted by Gasteiger charge is 2.71. The summed E-state index contributed by atoms with van der Waals surface area (Å²) in [5.74, 6) is -1.82. The number of para-hydroxylation sites is 1. The van der Waals surface area contributed by atoms with Crippen molar-refractivity contribution in [3.8, 4) is 0 Å². The molecule has 4 rings (SSSR count). The largest absolute Gasteiger partial charge is 0.323 e. The van der Waals surface area contributed by atoms with Crippen LogP contribution in [0.1, 0.15) is 46.6 Å². The zero-order valence-corrected chi connectivity index (χ0v) is 17.6. The monoisotopic (exact) mass is 403 g/mol. The predicted molar refractivity (Wildman–Crippen MR) is 107 cm³/mol. The molecule has 0 aliphatic carbocycles. The van der Waals surface area contributed by atoms with E-state index in [1.165, 1.54) is 4.90 Å². The number of hydrogen-bond acceptors (Lipinski definition) is 4. The highest BCUT2D eigenvalue weighted by atomic mass is 35.5. The zero-order valence-electron chi connectivity index (χ0n) is 16.8. The van der Waals surface area contributed by atoms with Crippen molar-refractivity contribution in [2.24, 2.45) is 17.8 Å². The third kappa shape index (κ3) is 2.40. The first-order valence-corrected chi connectivity index (χ1v) is 10.1. The fourth-order valence-electron chi connectivity index (χ4n) is 5.16. The molecule has 1 spiro atoms. The molecule has 3 aliphatic heterocycles. The molecule has 0 bridgehead atoms. The van der Waals surface area contributed by atoms with Gasteiger partial charge in [0.15, 0.2) is 0 Å². The van der Waals surface area contributed by atoms with E-state index in [1.54, 1.807) is 12.1 Å². The molecular weight excluding hydrogens is 378 g/mol. The molecule has 2 saturated heterocycles. The number of carbonyl (C=O) groups is 3. The number of amides is 3. The van der Waals surface area contributed by atoms with Crippen LogP contribution in [0.2, 0.25) is 5.02 Å². The van der Waals surface area contributed by atoms with E-state index < -0.39 is 22.9 Å². The molecule has 0 aromatic heterocycles. The Morgan fingerprint density at radius 1 is 1.18 bits per heavy atom. The average molecular weight is 404 g/mol. The lowest BCUT2D eigenvalue weighted by atomic mass is 9.76. The maximum atomic E-state index is 13.5. The summed E-state index contributed by atoms with van der Waals surface area (Å²) in [5, 5.41) is 6.71. The lowest BCUT2D eigenvalue weighted by Crippen LogP contribution is -2.55. The Labute approximate surface area is 170 Å². The number of rotatable bonds is 2. The Bertz CT molecular complexity index is 891. The van der Waals surface area contributed by atoms with Gasteiger partial charge in [-0.25, -0.2) is 0 Å². The smallest absolute Gasteiger partial charge is 0.250 e. The van der Waals surface area contributed by atoms with Crippen LogP contribution >= 0.6 is 11.6 Å². The van der Waals surface area contributed by atoms with E-state index in [2.05, 4.69) is 24.5 Å². The Kier molecular flexibility index (Phi) is 4.18. The molecule has 6 nitrogen and oxygen atoms in total. The van der Waals surface area contributed by atoms with Crippen LogP contribution in [0.15, 0.2) is 18.2 Å². The van der Waals surface area contributed by atoms with Crippen LogP contribution < -0.4 is 10.6 Å². The van der Waals surface area contributed by atoms with Gasteiger partial charge in [-0.3, -0.25) is 24.6 Å². The van der Waals surface area contributed by atoms with E-state index in [4.69, 9.17) is 11.6 Å². The Morgan fingerprint density at radius 2 is 1.86 bits per heavy atom. The molecule has 3 aliphatic rings. The van der Waals surface area contributed by atoms with Gasteiger partial charge in [-0.2, -0.15) is 0 Å². The molecule has 2 fully saturated rings. The van der Waals surface area contributed by atoms with Crippen LogP contribution in [0.4, 0.5) is 5.69 Å². The summed E-state index contributed by atoms with van der Waals surface area (Å²) in [4.78, 5) is 41.5. The van der Waals surface area contributed by atoms with Crippen molar-refractivity contribution in [1.82, 2.24) is 10.2 Å². The van der Waals surface area contributed by atoms with E-state index in [1.807, 2.05) is 26.8 Å². The third-order valence-corrected chi connectivity index (χ3v) is 6.41. The molecule has 0 saturated carbocycles. The molecule has 0 radical (unpaired) electrons. The number of carbonyl (C=O) groups excluding carboxylic acids is 3. The summed E-state index contributed by atoms with van der Waals surface area (Å²) in [6, 6.07) is 5.04. The Hall–Kier alpha value is -1.92. The first-order chi connectivity index (χ1) is 13.0. The minimum atomic E-state index is -1.27. The van der Waals surface area contributed by atoms with Gasteiger partial charge in [-0.15, -0.1) is 0 Å². The SMILES string of the molecule is CC(C)CC1NC2(C(=O)Nc3c(Cl)cccc32)C2C(=O)N(C(C)(C)C)C(=O)C12. The van der Waals surface area contributed by atoms with E-state index in [9.17, 15) is 14.4 Å². The van der Waals surface area contributed by atoms with Gasteiger partial charge in [0, 0.05) is 17.1 Å². The van der Waals surface area contributed by atoms with Gasteiger partial charge in [0.2, 0.25) is 17.7 Å². The molecule has 4 unspecified atom stereocenters. The summed E-state index contributed by atoms with van der Waals surface area (Å²) in [7, 11) is 0. The van der Waals surface area contributed by atoms with Crippen molar-refractivity contribution in [2.75, 3.05) is 5.32 Å². The number of hydrogen-bond donors (Lipinski definition) is 2. The van der Waals surface area contributed by atoms with E-state index in [0.29, 0.717) is 28.6 Å². The molecule has 1 aromatic rings. The van der Waals surface area contributed by atoms with Crippen LogP contribution in [0.25, 0.3) is 0 Å². The topological polar surface area (TPSA) is 78.5 Å². The summed E-state index contributed by atoms with van der Waals surface area (Å²) < 4.78 is 0. The molecule has 150 valence electrons. The minimum Gasteiger partial charge on any atom is -0.323 e. The molecule has 1 aromatic carbocycles. The van der Waals surface area contributed by atoms with Gasteiger partial charge < -0.3 is 5.32 Å². The summed E-state index contributed by atoms with van der Waals surface area (Å²) in [6.45, 7) is 9.69. The summed E-state index contributed by atoms with van der Waals surface area (Å²) in [6.07, 6.45) is 0.698. The Morgan fingerprint density at radius 3 is 2.46 bits per heavy atom. The van der Waals surface area contributed by atoms with Crippen molar-refractivity contribution in [2.45, 2.75) is 58.2 Å². The first-order valence-electron chi connectivity index (χ1n) is 9.76. The fraction of sp³-hybridized carbons (Fsp3) is 0.571. The normalized spacial score (nSPS) is 31.8. The zero-order chi connectivity index (χ0) is 20.6. The number of anilines is 1. The van der Waals surface area contributed by atoms with Gasteiger partial charge in [-0.05, 0) is 39.2 Å². The van der Waals surface area contributed by atoms with Crippen LogP contribution in [-0.2, 0) is 19.9 Å². The average Bonchev–Trinajstić information content (AvgIpc) is 3.13. The quantitative estimate of drug-likeness (QED) is 0.744. The van der Waals surface area contributed by atoms with Crippen LogP contribution in [0.3, 0.4) is 0 Å². The number of benzene rings is 1. The molecule has 7 heteroatoms. The minimum absolute atomic E-state index is 0.194. The summed E-state index contributed by atoms with van der Waals surface area (Å²) in [5.41, 5.74) is -0.728. The third-order valence-electron chi connectivity index (χ3n) is 6.10. The number of halogens is 1. The molecular formula is C21H26ClN3O3. The van der Waals surface area contributed by atoms with Crippen molar-refractivity contribution >= 4 is 35.0 Å². The second-order valence-electron chi connectivity index (χ2n) is 9.49. The van der Waals surface area contributed by atoms with Gasteiger partial charge in [-0.1, -0.05) is 37.6 Å². The number of fused-ring (bicyclic) bond motifs is 4. The summed E-state index contributed by atoms with van der Waals surface area (Å²) >= 11 is 6.32. The molecule has 3 heterocycles. The number of nitrogens with zero attached hydrogens (tertiary/aromatic N) is 1. The van der Waals surface area contributed by atoms with Crippen molar-refractivity contribution in [3.63, 3.8) is 0 Å². The lowest BCUT2D eigenvalue weighted by molar-refractivity contribution is -0.147. The number of imide groups is 1. The van der Waals surface area contributed by atoms with E-state index in [0.717, 1.165) is 0 Å². The molecule has 3 amide bonds. The van der Waals surface area contributed by atoms with Crippen molar-refractivity contribution < 1.29 is 14.4 Å². The van der Waals surface area contributed by atoms with Crippen molar-refractivity contribution in [1.29, 1.82) is 0 Å². The van der Waals surface area contributed by atoms with E-state index in [-0.39, 0.29) is 23.8 Å². The van der Waals surface area contributed by atoms with Gasteiger partial charge >= 0.3 is 0 Å². The lowest BCUT2D eigenvalue weighted by Gasteiger charge is -2.34. The number of likely N-dealkylation sites (tertiary alicyclic amines) is 1. The van der Waals surface area contributed by atoms with E-state index >= 15 is 0 Å². The maximum absolute atomic E-state index is 13.5. The van der Waals surface area contributed by atoms with Crippen LogP contribution in [-0.4, -0.2) is 34.2 Å². The Balaban J connectivity index is 1.91. The molecule has 4 atom stereocenters. The van der Waals surface area contributed by atoms with Gasteiger partial charge in [0.1, 0.15) is 5.54 Å². The molecule has 28 heavy (non-hydrogen) atoms.